The lowest BCUT2D eigenvalue weighted by atomic mass is 10.1. The molecule has 0 amide bonds. The first-order valence-corrected chi connectivity index (χ1v) is 4.76. The van der Waals surface area contributed by atoms with Gasteiger partial charge in [-0.15, -0.1) is 11.6 Å². The maximum absolute atomic E-state index is 8.69. The number of aliphatic hydroxyl groups excluding tert-OH is 1. The minimum atomic E-state index is -0.234. The van der Waals surface area contributed by atoms with Crippen LogP contribution in [0.25, 0.3) is 0 Å². The number of hydrogen-bond acceptors (Lipinski definition) is 2. The number of phenols is 1. The van der Waals surface area contributed by atoms with Gasteiger partial charge in [-0.25, -0.2) is 0 Å². The summed E-state index contributed by atoms with van der Waals surface area (Å²) in [6, 6.07) is 5.65. The second kappa shape index (κ2) is 4.49. The average molecular weight is 201 g/mol. The molecule has 0 radical (unpaired) electrons. The van der Waals surface area contributed by atoms with Crippen LogP contribution < -0.4 is 0 Å². The summed E-state index contributed by atoms with van der Waals surface area (Å²) in [5, 5.41) is 19.4. The zero-order valence-corrected chi connectivity index (χ0v) is 8.25. The van der Waals surface area contributed by atoms with Crippen molar-refractivity contribution >= 4 is 11.6 Å². The van der Waals surface area contributed by atoms with Crippen LogP contribution in [0.5, 0.6) is 5.75 Å². The summed E-state index contributed by atoms with van der Waals surface area (Å²) in [7, 11) is 0. The predicted molar refractivity (Wildman–Crippen MR) is 52.8 cm³/mol. The molecule has 0 bridgehead atoms. The molecule has 0 aliphatic heterocycles. The fourth-order valence-electron chi connectivity index (χ4n) is 0.927. The van der Waals surface area contributed by atoms with Gasteiger partial charge < -0.3 is 10.2 Å². The summed E-state index contributed by atoms with van der Waals surface area (Å²) in [6.45, 7) is 1.72. The van der Waals surface area contributed by atoms with Gasteiger partial charge in [0.25, 0.3) is 0 Å². The fraction of sp³-hybridized carbons (Fsp3) is 0.400. The van der Waals surface area contributed by atoms with Crippen molar-refractivity contribution in [2.45, 2.75) is 19.4 Å². The van der Waals surface area contributed by atoms with Crippen LogP contribution in [-0.4, -0.2) is 22.2 Å². The van der Waals surface area contributed by atoms with E-state index in [2.05, 4.69) is 0 Å². The number of halogens is 1. The normalized spacial score (nSPS) is 12.8. The smallest absolute Gasteiger partial charge is 0.124 e. The monoisotopic (exact) mass is 200 g/mol. The van der Waals surface area contributed by atoms with E-state index in [4.69, 9.17) is 21.8 Å². The van der Waals surface area contributed by atoms with Gasteiger partial charge in [-0.1, -0.05) is 12.1 Å². The van der Waals surface area contributed by atoms with Gasteiger partial charge in [-0.2, -0.15) is 0 Å². The summed E-state index contributed by atoms with van der Waals surface area (Å²) in [5.41, 5.74) is 0. The van der Waals surface area contributed by atoms with Crippen LogP contribution in [0.4, 0.5) is 0 Å². The molecule has 1 unspecified atom stereocenters. The van der Waals surface area contributed by atoms with E-state index in [1.165, 1.54) is 5.22 Å². The fourth-order valence-corrected chi connectivity index (χ4v) is 1.24. The molecule has 0 spiro atoms. The third kappa shape index (κ3) is 2.61. The molecule has 72 valence electrons. The molecule has 3 heteroatoms. The van der Waals surface area contributed by atoms with Gasteiger partial charge in [0, 0.05) is 11.1 Å². The molecule has 1 atom stereocenters. The maximum atomic E-state index is 8.69. The Labute approximate surface area is 82.1 Å². The number of aromatic hydroxyl groups is 1. The van der Waals surface area contributed by atoms with Crippen LogP contribution in [0.1, 0.15) is 13.3 Å². The molecule has 0 heterocycles. The van der Waals surface area contributed by atoms with E-state index in [-0.39, 0.29) is 6.10 Å². The predicted octanol–water partition coefficient (Wildman–Crippen LogP) is 1.99. The van der Waals surface area contributed by atoms with Gasteiger partial charge >= 0.3 is 0 Å². The van der Waals surface area contributed by atoms with Crippen LogP contribution in [0, 0.1) is 10.4 Å². The van der Waals surface area contributed by atoms with E-state index in [9.17, 15) is 0 Å². The highest BCUT2D eigenvalue weighted by atomic mass is 35.5. The summed E-state index contributed by atoms with van der Waals surface area (Å²) in [6.07, 6.45) is 0.462. The van der Waals surface area contributed by atoms with Crippen LogP contribution in [0.2, 0.25) is 0 Å². The Morgan fingerprint density at radius 3 is 2.15 bits per heavy atom. The molecule has 13 heavy (non-hydrogen) atoms. The van der Waals surface area contributed by atoms with Crippen LogP contribution in [0.15, 0.2) is 18.2 Å². The van der Waals surface area contributed by atoms with Crippen LogP contribution in [0.3, 0.4) is 0 Å². The van der Waals surface area contributed by atoms with Crippen LogP contribution >= 0.6 is 11.6 Å². The number of benzene rings is 1. The molecule has 2 rings (SSSR count). The summed E-state index contributed by atoms with van der Waals surface area (Å²) in [5.74, 6) is 0.995. The highest BCUT2D eigenvalue weighted by molar-refractivity contribution is 6.17. The first kappa shape index (κ1) is 10.4. The summed E-state index contributed by atoms with van der Waals surface area (Å²) in [4.78, 5) is 0. The van der Waals surface area contributed by atoms with E-state index in [1.807, 2.05) is 12.1 Å². The number of hydrogen-bond donors (Lipinski definition) is 2. The third-order valence-electron chi connectivity index (χ3n) is 1.84. The van der Waals surface area contributed by atoms with Gasteiger partial charge in [-0.3, -0.25) is 0 Å². The van der Waals surface area contributed by atoms with Gasteiger partial charge in [0.1, 0.15) is 5.75 Å². The minimum Gasteiger partial charge on any atom is -0.507 e. The van der Waals surface area contributed by atoms with Crippen molar-refractivity contribution < 1.29 is 10.2 Å². The van der Waals surface area contributed by atoms with Crippen LogP contribution in [-0.2, 0) is 0 Å². The molecule has 0 saturated heterocycles. The lowest BCUT2D eigenvalue weighted by Gasteiger charge is -2.02. The molecule has 0 aromatic heterocycles. The van der Waals surface area contributed by atoms with E-state index in [0.717, 1.165) is 5.22 Å². The van der Waals surface area contributed by atoms with Crippen molar-refractivity contribution in [3.8, 4) is 5.75 Å². The zero-order valence-electron chi connectivity index (χ0n) is 7.50. The van der Waals surface area contributed by atoms with E-state index >= 15 is 0 Å². The zero-order chi connectivity index (χ0) is 9.84. The van der Waals surface area contributed by atoms with Crippen molar-refractivity contribution in [2.24, 2.45) is 0 Å². The molecule has 2 aliphatic rings. The second-order valence-corrected chi connectivity index (χ2v) is 3.44. The Morgan fingerprint density at radius 1 is 1.46 bits per heavy atom. The third-order valence-corrected chi connectivity index (χ3v) is 2.05. The lowest BCUT2D eigenvalue weighted by Crippen LogP contribution is -1.98. The summed E-state index contributed by atoms with van der Waals surface area (Å²) >= 11 is 5.24. The van der Waals surface area contributed by atoms with Gasteiger partial charge in [0.15, 0.2) is 0 Å². The first-order chi connectivity index (χ1) is 6.15. The standard InChI is InChI=1S/C6H4O.C4H9ClO/c7-6-3-4-1-2-5(4)6;1-4(6)2-3-5/h1-3,7H;4,6H,2-3H2,1H3. The maximum Gasteiger partial charge on any atom is 0.124 e. The van der Waals surface area contributed by atoms with Crippen molar-refractivity contribution in [3.05, 3.63) is 28.6 Å². The molecule has 2 N–H and O–H groups in total. The Morgan fingerprint density at radius 2 is 2.15 bits per heavy atom. The van der Waals surface area contributed by atoms with E-state index in [1.54, 1.807) is 13.0 Å². The Kier molecular flexibility index (Phi) is 3.58. The Bertz CT molecular complexity index is 360. The number of rotatable bonds is 2. The lowest BCUT2D eigenvalue weighted by molar-refractivity contribution is 0.192. The molecular weight excluding hydrogens is 188 g/mol. The van der Waals surface area contributed by atoms with Crippen molar-refractivity contribution in [3.63, 3.8) is 0 Å². The highest BCUT2D eigenvalue weighted by Gasteiger charge is 2.00. The number of aliphatic hydroxyl groups is 1. The largest absolute Gasteiger partial charge is 0.507 e. The van der Waals surface area contributed by atoms with Crippen molar-refractivity contribution in [2.75, 3.05) is 5.88 Å². The molecule has 0 saturated carbocycles. The van der Waals surface area contributed by atoms with Crippen molar-refractivity contribution in [1.82, 2.24) is 0 Å². The first-order valence-electron chi connectivity index (χ1n) is 4.22. The topological polar surface area (TPSA) is 40.5 Å². The molecule has 2 nitrogen and oxygen atoms in total. The molecule has 0 fully saturated rings. The van der Waals surface area contributed by atoms with Crippen molar-refractivity contribution in [1.29, 1.82) is 0 Å². The minimum absolute atomic E-state index is 0.234. The van der Waals surface area contributed by atoms with Gasteiger partial charge in [0.2, 0.25) is 0 Å². The molecule has 2 aliphatic carbocycles. The quantitative estimate of drug-likeness (QED) is 0.728. The highest BCUT2D eigenvalue weighted by Crippen LogP contribution is 2.21. The van der Waals surface area contributed by atoms with E-state index < -0.39 is 0 Å². The molecular formula is C10H13ClO2. The molecule has 0 aromatic carbocycles. The Hall–Kier alpha value is -0.730. The SMILES string of the molecule is CC(O)CCCl.Oc1cc2ccc1=2. The molecule has 0 aromatic rings. The number of phenolic OH excluding ortho intramolecular Hbond substituents is 1. The summed E-state index contributed by atoms with van der Waals surface area (Å²) < 4.78 is 0. The average Bonchev–Trinajstić information content (AvgIpc) is 2.00. The second-order valence-electron chi connectivity index (χ2n) is 3.06. The number of alkyl halides is 1. The Balaban J connectivity index is 0.000000133. The van der Waals surface area contributed by atoms with E-state index in [0.29, 0.717) is 18.1 Å². The van der Waals surface area contributed by atoms with Gasteiger partial charge in [-0.05, 0) is 24.6 Å². The van der Waals surface area contributed by atoms with Gasteiger partial charge in [0.05, 0.1) is 6.10 Å².